The Balaban J connectivity index is 0.000000943. The van der Waals surface area contributed by atoms with Crippen LogP contribution in [0.4, 0.5) is 17.6 Å². The minimum atomic E-state index is -4.86. The highest BCUT2D eigenvalue weighted by Crippen LogP contribution is 2.37. The summed E-state index contributed by atoms with van der Waals surface area (Å²) in [4.78, 5) is 10.8. The molecule has 2 aliphatic rings. The number of fused-ring (bicyclic) bond motifs is 1. The number of alkyl halides is 3. The van der Waals surface area contributed by atoms with Crippen LogP contribution in [-0.2, 0) is 17.6 Å². The van der Waals surface area contributed by atoms with Crippen LogP contribution in [0.15, 0.2) is 60.7 Å². The van der Waals surface area contributed by atoms with E-state index in [0.717, 1.165) is 47.7 Å². The minimum absolute atomic E-state index is 0.00119. The summed E-state index contributed by atoms with van der Waals surface area (Å²) >= 11 is 0. The highest BCUT2D eigenvalue weighted by molar-refractivity contribution is 5.67. The maximum atomic E-state index is 14.3. The van der Waals surface area contributed by atoms with Crippen molar-refractivity contribution in [1.82, 2.24) is 0 Å². The quantitative estimate of drug-likeness (QED) is 0.352. The molecule has 1 aliphatic carbocycles. The molecule has 36 heavy (non-hydrogen) atoms. The first kappa shape index (κ1) is 25.5. The Kier molecular flexibility index (Phi) is 7.82. The van der Waals surface area contributed by atoms with Gasteiger partial charge >= 0.3 is 12.3 Å². The highest BCUT2D eigenvalue weighted by atomic mass is 19.4. The SMILES string of the molecule is C1CC1.O=C(O)CCc1ccc2c(c1)OC(c1ccc(-c3cc(OC(F)(F)F)ccc3F)cc1)CC2. The van der Waals surface area contributed by atoms with Crippen molar-refractivity contribution >= 4 is 5.97 Å². The molecule has 0 bridgehead atoms. The van der Waals surface area contributed by atoms with Crippen molar-refractivity contribution in [2.24, 2.45) is 0 Å². The van der Waals surface area contributed by atoms with Gasteiger partial charge in [-0.3, -0.25) is 4.79 Å². The smallest absolute Gasteiger partial charge is 0.485 e. The Morgan fingerprint density at radius 1 is 1.00 bits per heavy atom. The number of carbonyl (C=O) groups is 1. The zero-order chi connectivity index (χ0) is 25.7. The van der Waals surface area contributed by atoms with Gasteiger partial charge in [0.05, 0.1) is 0 Å². The van der Waals surface area contributed by atoms with Gasteiger partial charge in [0.2, 0.25) is 0 Å². The Bertz CT molecular complexity index is 1200. The molecule has 0 radical (unpaired) electrons. The Labute approximate surface area is 206 Å². The number of aliphatic carboxylic acids is 1. The molecule has 5 rings (SSSR count). The van der Waals surface area contributed by atoms with Crippen LogP contribution in [-0.4, -0.2) is 17.4 Å². The van der Waals surface area contributed by atoms with Crippen molar-refractivity contribution in [3.05, 3.63) is 83.2 Å². The van der Waals surface area contributed by atoms with Crippen molar-refractivity contribution < 1.29 is 36.9 Å². The molecule has 1 fully saturated rings. The molecule has 0 amide bonds. The Morgan fingerprint density at radius 2 is 1.72 bits per heavy atom. The van der Waals surface area contributed by atoms with E-state index in [1.54, 1.807) is 24.3 Å². The average Bonchev–Trinajstić information content (AvgIpc) is 3.72. The average molecular weight is 503 g/mol. The molecule has 3 aromatic carbocycles. The molecule has 0 spiro atoms. The second kappa shape index (κ2) is 11.0. The van der Waals surface area contributed by atoms with Gasteiger partial charge in [-0.15, -0.1) is 13.2 Å². The first-order valence-corrected chi connectivity index (χ1v) is 11.8. The zero-order valence-electron chi connectivity index (χ0n) is 19.5. The fraction of sp³-hybridized carbons (Fsp3) is 0.321. The second-order valence-corrected chi connectivity index (χ2v) is 8.85. The predicted octanol–water partition coefficient (Wildman–Crippen LogP) is 7.65. The van der Waals surface area contributed by atoms with Gasteiger partial charge in [0.1, 0.15) is 23.4 Å². The largest absolute Gasteiger partial charge is 0.573 e. The van der Waals surface area contributed by atoms with Crippen molar-refractivity contribution in [1.29, 1.82) is 0 Å². The summed E-state index contributed by atoms with van der Waals surface area (Å²) in [5, 5.41) is 8.88. The van der Waals surface area contributed by atoms with Gasteiger partial charge in [0.25, 0.3) is 0 Å². The third-order valence-corrected chi connectivity index (χ3v) is 5.82. The maximum absolute atomic E-state index is 14.3. The lowest BCUT2D eigenvalue weighted by Crippen LogP contribution is -2.17. The van der Waals surface area contributed by atoms with Crippen molar-refractivity contribution in [2.45, 2.75) is 57.4 Å². The predicted molar refractivity (Wildman–Crippen MR) is 126 cm³/mol. The van der Waals surface area contributed by atoms with E-state index in [1.165, 1.54) is 19.3 Å². The van der Waals surface area contributed by atoms with E-state index in [2.05, 4.69) is 4.74 Å². The molecular formula is C28H26F4O4. The van der Waals surface area contributed by atoms with Gasteiger partial charge in [-0.05, 0) is 65.8 Å². The molecule has 1 saturated carbocycles. The molecule has 4 nitrogen and oxygen atoms in total. The van der Waals surface area contributed by atoms with Crippen LogP contribution in [0.1, 0.15) is 54.9 Å². The first-order valence-electron chi connectivity index (χ1n) is 11.8. The molecule has 1 N–H and O–H groups in total. The molecule has 8 heteroatoms. The van der Waals surface area contributed by atoms with E-state index in [-0.39, 0.29) is 18.1 Å². The van der Waals surface area contributed by atoms with Crippen molar-refractivity contribution in [3.63, 3.8) is 0 Å². The summed E-state index contributed by atoms with van der Waals surface area (Å²) < 4.78 is 61.8. The number of hydrogen-bond acceptors (Lipinski definition) is 3. The first-order chi connectivity index (χ1) is 17.2. The fourth-order valence-electron chi connectivity index (χ4n) is 3.86. The summed E-state index contributed by atoms with van der Waals surface area (Å²) in [6.45, 7) is 0. The molecule has 190 valence electrons. The van der Waals surface area contributed by atoms with E-state index in [4.69, 9.17) is 9.84 Å². The molecule has 3 aromatic rings. The van der Waals surface area contributed by atoms with Crippen LogP contribution in [0.5, 0.6) is 11.5 Å². The van der Waals surface area contributed by atoms with Gasteiger partial charge < -0.3 is 14.6 Å². The molecule has 1 heterocycles. The van der Waals surface area contributed by atoms with Gasteiger partial charge in [-0.2, -0.15) is 0 Å². The van der Waals surface area contributed by atoms with E-state index in [9.17, 15) is 22.4 Å². The van der Waals surface area contributed by atoms with Gasteiger partial charge in [0, 0.05) is 12.0 Å². The van der Waals surface area contributed by atoms with Gasteiger partial charge in [-0.25, -0.2) is 4.39 Å². The Hall–Kier alpha value is -3.55. The topological polar surface area (TPSA) is 55.8 Å². The number of hydrogen-bond donors (Lipinski definition) is 1. The number of ether oxygens (including phenoxy) is 2. The number of carboxylic acids is 1. The summed E-state index contributed by atoms with van der Waals surface area (Å²) in [7, 11) is 0. The molecule has 1 aliphatic heterocycles. The zero-order valence-corrected chi connectivity index (χ0v) is 19.5. The van der Waals surface area contributed by atoms with E-state index < -0.39 is 23.9 Å². The summed E-state index contributed by atoms with van der Waals surface area (Å²) in [6.07, 6.45) is 1.35. The van der Waals surface area contributed by atoms with E-state index >= 15 is 0 Å². The lowest BCUT2D eigenvalue weighted by Gasteiger charge is -2.27. The summed E-state index contributed by atoms with van der Waals surface area (Å²) in [5.41, 5.74) is 3.19. The number of rotatable bonds is 6. The lowest BCUT2D eigenvalue weighted by molar-refractivity contribution is -0.274. The monoisotopic (exact) mass is 502 g/mol. The molecule has 1 unspecified atom stereocenters. The third-order valence-electron chi connectivity index (χ3n) is 5.82. The third kappa shape index (κ3) is 7.23. The van der Waals surface area contributed by atoms with Gasteiger partial charge in [0.15, 0.2) is 0 Å². The number of halogens is 4. The standard InChI is InChI=1S/C25H20F4O4.C3H6/c26-21-10-9-19(33-25(27,28)29)14-20(21)16-4-6-17(7-5-16)22-11-8-18-3-1-15(2-12-24(30)31)13-23(18)32-22;1-2-3-1/h1,3-7,9-10,13-14,22H,2,8,11-12H2,(H,30,31);1-3H2. The van der Waals surface area contributed by atoms with Crippen LogP contribution < -0.4 is 9.47 Å². The minimum Gasteiger partial charge on any atom is -0.485 e. The Morgan fingerprint density at radius 3 is 2.36 bits per heavy atom. The number of carboxylic acid groups (broad SMARTS) is 1. The molecule has 0 saturated heterocycles. The van der Waals surface area contributed by atoms with Crippen LogP contribution in [0, 0.1) is 5.82 Å². The van der Waals surface area contributed by atoms with E-state index in [0.29, 0.717) is 17.7 Å². The highest BCUT2D eigenvalue weighted by Gasteiger charge is 2.31. The van der Waals surface area contributed by atoms with Crippen LogP contribution in [0.3, 0.4) is 0 Å². The normalized spacial score (nSPS) is 16.2. The number of benzene rings is 3. The second-order valence-electron chi connectivity index (χ2n) is 8.85. The fourth-order valence-corrected chi connectivity index (χ4v) is 3.86. The van der Waals surface area contributed by atoms with Crippen LogP contribution in [0.25, 0.3) is 11.1 Å². The summed E-state index contributed by atoms with van der Waals surface area (Å²) in [5.74, 6) is -1.30. The van der Waals surface area contributed by atoms with Crippen molar-refractivity contribution in [3.8, 4) is 22.6 Å². The molecule has 0 aromatic heterocycles. The lowest BCUT2D eigenvalue weighted by atomic mass is 9.94. The van der Waals surface area contributed by atoms with Gasteiger partial charge in [-0.1, -0.05) is 55.7 Å². The number of aryl methyl sites for hydroxylation is 2. The van der Waals surface area contributed by atoms with Crippen LogP contribution in [0.2, 0.25) is 0 Å². The molecule has 1 atom stereocenters. The van der Waals surface area contributed by atoms with Crippen molar-refractivity contribution in [2.75, 3.05) is 0 Å². The molecular weight excluding hydrogens is 476 g/mol. The van der Waals surface area contributed by atoms with E-state index in [1.807, 2.05) is 18.2 Å². The summed E-state index contributed by atoms with van der Waals surface area (Å²) in [6, 6.07) is 15.4. The maximum Gasteiger partial charge on any atom is 0.573 e. The van der Waals surface area contributed by atoms with Crippen LogP contribution >= 0.6 is 0 Å².